The van der Waals surface area contributed by atoms with Gasteiger partial charge in [-0.15, -0.1) is 0 Å². The molecule has 0 aromatic heterocycles. The minimum atomic E-state index is -0.656. The van der Waals surface area contributed by atoms with Gasteiger partial charge in [0, 0.05) is 0 Å². The summed E-state index contributed by atoms with van der Waals surface area (Å²) in [6.07, 6.45) is 0.537. The second-order valence-corrected chi connectivity index (χ2v) is 6.06. The third kappa shape index (κ3) is 5.49. The maximum absolute atomic E-state index is 12.0. The van der Waals surface area contributed by atoms with Gasteiger partial charge in [0.1, 0.15) is 6.04 Å². The number of hydrogen-bond donors (Lipinski definition) is 2. The van der Waals surface area contributed by atoms with Gasteiger partial charge in [0.05, 0.1) is 13.2 Å². The number of methoxy groups -OCH3 is 1. The van der Waals surface area contributed by atoms with E-state index >= 15 is 0 Å². The predicted molar refractivity (Wildman–Crippen MR) is 70.8 cm³/mol. The van der Waals surface area contributed by atoms with E-state index in [9.17, 15) is 9.59 Å². The molecule has 0 saturated carbocycles. The second kappa shape index (κ2) is 6.73. The fourth-order valence-corrected chi connectivity index (χ4v) is 1.48. The molecule has 0 aliphatic rings. The van der Waals surface area contributed by atoms with E-state index in [0.717, 1.165) is 0 Å². The number of ether oxygens (including phenoxy) is 1. The smallest absolute Gasteiger partial charge is 0.328 e. The molecule has 0 heterocycles. The molecular weight excluding hydrogens is 232 g/mol. The maximum atomic E-state index is 12.0. The first-order valence-corrected chi connectivity index (χ1v) is 6.23. The van der Waals surface area contributed by atoms with Crippen molar-refractivity contribution in [2.24, 2.45) is 17.1 Å². The molecule has 0 aliphatic heterocycles. The highest BCUT2D eigenvalue weighted by Gasteiger charge is 2.31. The fraction of sp³-hybridized carbons (Fsp3) is 0.846. The number of hydrogen-bond acceptors (Lipinski definition) is 4. The van der Waals surface area contributed by atoms with E-state index in [0.29, 0.717) is 6.42 Å². The average molecular weight is 258 g/mol. The highest BCUT2D eigenvalue weighted by atomic mass is 16.5. The standard InChI is InChI=1S/C13H26N2O3/c1-8(2)7-9(12(17)18-6)15-11(16)10(14)13(3,4)5/h8-10H,7,14H2,1-6H3,(H,15,16)/t9?,10-/m0/s1. The number of rotatable bonds is 5. The molecule has 0 aromatic carbocycles. The van der Waals surface area contributed by atoms with Gasteiger partial charge >= 0.3 is 5.97 Å². The van der Waals surface area contributed by atoms with Crippen LogP contribution in [0.3, 0.4) is 0 Å². The molecule has 0 aliphatic carbocycles. The molecule has 0 aromatic rings. The number of amides is 1. The lowest BCUT2D eigenvalue weighted by molar-refractivity contribution is -0.146. The Kier molecular flexibility index (Phi) is 6.32. The Morgan fingerprint density at radius 1 is 1.28 bits per heavy atom. The van der Waals surface area contributed by atoms with Crippen molar-refractivity contribution in [2.75, 3.05) is 7.11 Å². The molecule has 5 nitrogen and oxygen atoms in total. The molecule has 0 fully saturated rings. The SMILES string of the molecule is COC(=O)C(CC(C)C)NC(=O)[C@H](N)C(C)(C)C. The van der Waals surface area contributed by atoms with Crippen molar-refractivity contribution in [1.82, 2.24) is 5.32 Å². The Morgan fingerprint density at radius 3 is 2.11 bits per heavy atom. The van der Waals surface area contributed by atoms with Crippen molar-refractivity contribution >= 4 is 11.9 Å². The van der Waals surface area contributed by atoms with Crippen molar-refractivity contribution in [3.05, 3.63) is 0 Å². The van der Waals surface area contributed by atoms with Gasteiger partial charge in [-0.3, -0.25) is 4.79 Å². The monoisotopic (exact) mass is 258 g/mol. The molecule has 0 rings (SSSR count). The Bertz CT molecular complexity index is 295. The number of nitrogens with two attached hydrogens (primary N) is 1. The maximum Gasteiger partial charge on any atom is 0.328 e. The van der Waals surface area contributed by atoms with Crippen LogP contribution < -0.4 is 11.1 Å². The predicted octanol–water partition coefficient (Wildman–Crippen LogP) is 1.06. The molecule has 18 heavy (non-hydrogen) atoms. The first-order valence-electron chi connectivity index (χ1n) is 6.23. The van der Waals surface area contributed by atoms with Crippen LogP contribution in [0.4, 0.5) is 0 Å². The van der Waals surface area contributed by atoms with Gasteiger partial charge < -0.3 is 15.8 Å². The summed E-state index contributed by atoms with van der Waals surface area (Å²) in [5.74, 6) is -0.475. The van der Waals surface area contributed by atoms with Crippen LogP contribution in [0.1, 0.15) is 41.0 Å². The topological polar surface area (TPSA) is 81.4 Å². The Morgan fingerprint density at radius 2 is 1.78 bits per heavy atom. The third-order valence-electron chi connectivity index (χ3n) is 2.72. The summed E-state index contributed by atoms with van der Waals surface area (Å²) in [6.45, 7) is 9.60. The summed E-state index contributed by atoms with van der Waals surface area (Å²) in [4.78, 5) is 23.5. The van der Waals surface area contributed by atoms with E-state index in [2.05, 4.69) is 10.1 Å². The molecule has 1 amide bonds. The lowest BCUT2D eigenvalue weighted by Gasteiger charge is -2.28. The lowest BCUT2D eigenvalue weighted by Crippen LogP contribution is -2.53. The van der Waals surface area contributed by atoms with E-state index < -0.39 is 18.1 Å². The second-order valence-electron chi connectivity index (χ2n) is 6.06. The first kappa shape index (κ1) is 16.9. The lowest BCUT2D eigenvalue weighted by atomic mass is 9.86. The number of carbonyl (C=O) groups is 2. The zero-order valence-electron chi connectivity index (χ0n) is 12.2. The van der Waals surface area contributed by atoms with Gasteiger partial charge in [-0.2, -0.15) is 0 Å². The molecule has 0 radical (unpaired) electrons. The molecule has 0 spiro atoms. The van der Waals surface area contributed by atoms with Crippen LogP contribution in [0.5, 0.6) is 0 Å². The Balaban J connectivity index is 4.68. The molecule has 106 valence electrons. The number of nitrogens with one attached hydrogen (secondary N) is 1. The van der Waals surface area contributed by atoms with Crippen LogP contribution in [0.25, 0.3) is 0 Å². The molecule has 2 atom stereocenters. The van der Waals surface area contributed by atoms with Crippen LogP contribution in [0.15, 0.2) is 0 Å². The van der Waals surface area contributed by atoms with Crippen LogP contribution in [0.2, 0.25) is 0 Å². The first-order chi connectivity index (χ1) is 8.09. The van der Waals surface area contributed by atoms with Crippen LogP contribution in [-0.2, 0) is 14.3 Å². The largest absolute Gasteiger partial charge is 0.467 e. The van der Waals surface area contributed by atoms with Gasteiger partial charge in [0.2, 0.25) is 5.91 Å². The summed E-state index contributed by atoms with van der Waals surface area (Å²) >= 11 is 0. The van der Waals surface area contributed by atoms with Gasteiger partial charge in [0.25, 0.3) is 0 Å². The van der Waals surface area contributed by atoms with E-state index in [1.165, 1.54) is 7.11 Å². The minimum Gasteiger partial charge on any atom is -0.467 e. The molecule has 5 heteroatoms. The zero-order valence-corrected chi connectivity index (χ0v) is 12.2. The summed E-state index contributed by atoms with van der Waals surface area (Å²) in [5, 5.41) is 2.67. The molecular formula is C13H26N2O3. The van der Waals surface area contributed by atoms with E-state index in [1.54, 1.807) is 0 Å². The van der Waals surface area contributed by atoms with Crippen molar-refractivity contribution in [1.29, 1.82) is 0 Å². The number of esters is 1. The van der Waals surface area contributed by atoms with Crippen LogP contribution in [-0.4, -0.2) is 31.1 Å². The van der Waals surface area contributed by atoms with Crippen LogP contribution >= 0.6 is 0 Å². The Labute approximate surface area is 109 Å². The Hall–Kier alpha value is -1.10. The van der Waals surface area contributed by atoms with E-state index in [4.69, 9.17) is 5.73 Å². The summed E-state index contributed by atoms with van der Waals surface area (Å²) in [7, 11) is 1.31. The molecule has 3 N–H and O–H groups in total. The van der Waals surface area contributed by atoms with Crippen molar-refractivity contribution in [3.63, 3.8) is 0 Å². The summed E-state index contributed by atoms with van der Waals surface area (Å²) in [5.41, 5.74) is 5.51. The van der Waals surface area contributed by atoms with Crippen molar-refractivity contribution in [2.45, 2.75) is 53.1 Å². The van der Waals surface area contributed by atoms with Gasteiger partial charge in [-0.25, -0.2) is 4.79 Å². The average Bonchev–Trinajstić information content (AvgIpc) is 2.23. The summed E-state index contributed by atoms with van der Waals surface area (Å²) in [6, 6.07) is -1.28. The van der Waals surface area contributed by atoms with Gasteiger partial charge in [-0.1, -0.05) is 34.6 Å². The summed E-state index contributed by atoms with van der Waals surface area (Å²) < 4.78 is 4.69. The van der Waals surface area contributed by atoms with Crippen molar-refractivity contribution < 1.29 is 14.3 Å². The van der Waals surface area contributed by atoms with Crippen LogP contribution in [0, 0.1) is 11.3 Å². The van der Waals surface area contributed by atoms with Gasteiger partial charge in [0.15, 0.2) is 0 Å². The zero-order chi connectivity index (χ0) is 14.5. The normalized spacial score (nSPS) is 15.1. The highest BCUT2D eigenvalue weighted by molar-refractivity contribution is 5.87. The number of carbonyl (C=O) groups excluding carboxylic acids is 2. The quantitative estimate of drug-likeness (QED) is 0.723. The van der Waals surface area contributed by atoms with E-state index in [-0.39, 0.29) is 17.2 Å². The fourth-order valence-electron chi connectivity index (χ4n) is 1.48. The van der Waals surface area contributed by atoms with E-state index in [1.807, 2.05) is 34.6 Å². The van der Waals surface area contributed by atoms with Gasteiger partial charge in [-0.05, 0) is 17.8 Å². The highest BCUT2D eigenvalue weighted by Crippen LogP contribution is 2.17. The molecule has 0 bridgehead atoms. The minimum absolute atomic E-state index is 0.278. The third-order valence-corrected chi connectivity index (χ3v) is 2.72. The molecule has 0 saturated heterocycles. The molecule has 1 unspecified atom stereocenters. The van der Waals surface area contributed by atoms with Crippen molar-refractivity contribution in [3.8, 4) is 0 Å².